The lowest BCUT2D eigenvalue weighted by molar-refractivity contribution is -0.205. The van der Waals surface area contributed by atoms with Crippen molar-refractivity contribution in [1.82, 2.24) is 0 Å². The van der Waals surface area contributed by atoms with Crippen molar-refractivity contribution < 1.29 is 25.2 Å². The van der Waals surface area contributed by atoms with E-state index in [-0.39, 0.29) is 12.4 Å². The Bertz CT molecular complexity index is 419. The van der Waals surface area contributed by atoms with Crippen LogP contribution in [0.15, 0.2) is 29.2 Å². The molecule has 1 aromatic rings. The summed E-state index contributed by atoms with van der Waals surface area (Å²) in [5.74, 6) is 0. The molecule has 1 saturated heterocycles. The molecule has 0 aliphatic carbocycles. The van der Waals surface area contributed by atoms with E-state index in [1.165, 1.54) is 11.8 Å². The average molecular weight is 324 g/mol. The highest BCUT2D eigenvalue weighted by Crippen LogP contribution is 2.33. The van der Waals surface area contributed by atoms with Crippen molar-refractivity contribution in [2.45, 2.75) is 34.7 Å². The summed E-state index contributed by atoms with van der Waals surface area (Å²) in [5, 5.41) is 38.3. The molecule has 0 bridgehead atoms. The zero-order valence-corrected chi connectivity index (χ0v) is 12.1. The number of ether oxygens (including phenoxy) is 1. The number of aliphatic hydroxyl groups excluding tert-OH is 4. The van der Waals surface area contributed by atoms with E-state index in [1.54, 1.807) is 24.3 Å². The first-order valence-corrected chi connectivity index (χ1v) is 6.73. The molecule has 1 fully saturated rings. The van der Waals surface area contributed by atoms with Gasteiger partial charge in [0.25, 0.3) is 0 Å². The molecule has 0 unspecified atom stereocenters. The summed E-state index contributed by atoms with van der Waals surface area (Å²) >= 11 is 1.20. The minimum absolute atomic E-state index is 0. The van der Waals surface area contributed by atoms with Gasteiger partial charge in [-0.25, -0.2) is 0 Å². The van der Waals surface area contributed by atoms with E-state index in [0.717, 1.165) is 4.90 Å². The highest BCUT2D eigenvalue weighted by molar-refractivity contribution is 7.99. The molecule has 0 radical (unpaired) electrons. The third-order valence-corrected chi connectivity index (χ3v) is 4.15. The first-order valence-electron chi connectivity index (χ1n) is 5.85. The number of thioether (sulfide) groups is 1. The van der Waals surface area contributed by atoms with Crippen LogP contribution in [0.4, 0.5) is 5.69 Å². The lowest BCUT2D eigenvalue weighted by Gasteiger charge is -2.39. The van der Waals surface area contributed by atoms with Crippen molar-refractivity contribution in [3.63, 3.8) is 0 Å². The van der Waals surface area contributed by atoms with Crippen LogP contribution in [0.2, 0.25) is 0 Å². The van der Waals surface area contributed by atoms with E-state index in [1.807, 2.05) is 0 Å². The topological polar surface area (TPSA) is 116 Å². The van der Waals surface area contributed by atoms with Crippen molar-refractivity contribution in [3.8, 4) is 0 Å². The largest absolute Gasteiger partial charge is 0.399 e. The van der Waals surface area contributed by atoms with E-state index in [0.29, 0.717) is 5.69 Å². The minimum Gasteiger partial charge on any atom is -0.399 e. The monoisotopic (exact) mass is 323 g/mol. The Morgan fingerprint density at radius 1 is 1.05 bits per heavy atom. The SMILES string of the molecule is Cl.Nc1ccc(S[C@@H]2O[C@H](CO)[C@@H](O)[C@H](O)[C@@H]2O)cc1. The van der Waals surface area contributed by atoms with E-state index in [9.17, 15) is 15.3 Å². The van der Waals surface area contributed by atoms with Crippen molar-refractivity contribution >= 4 is 29.9 Å². The van der Waals surface area contributed by atoms with Gasteiger partial charge >= 0.3 is 0 Å². The molecule has 2 rings (SSSR count). The third-order valence-electron chi connectivity index (χ3n) is 2.98. The number of hydrogen-bond acceptors (Lipinski definition) is 7. The normalized spacial score (nSPS) is 33.5. The van der Waals surface area contributed by atoms with Crippen molar-refractivity contribution in [2.24, 2.45) is 0 Å². The number of hydrogen-bond donors (Lipinski definition) is 5. The predicted molar refractivity (Wildman–Crippen MR) is 77.7 cm³/mol. The van der Waals surface area contributed by atoms with Gasteiger partial charge in [0.05, 0.1) is 6.61 Å². The van der Waals surface area contributed by atoms with Crippen molar-refractivity contribution in [2.75, 3.05) is 12.3 Å². The Morgan fingerprint density at radius 2 is 1.65 bits per heavy atom. The maximum Gasteiger partial charge on any atom is 0.136 e. The lowest BCUT2D eigenvalue weighted by Crippen LogP contribution is -2.57. The number of anilines is 1. The van der Waals surface area contributed by atoms with E-state index >= 15 is 0 Å². The first kappa shape index (κ1) is 17.5. The summed E-state index contributed by atoms with van der Waals surface area (Å²) < 4.78 is 5.39. The second-order valence-electron chi connectivity index (χ2n) is 4.38. The molecule has 1 aliphatic heterocycles. The van der Waals surface area contributed by atoms with Crippen LogP contribution in [0.3, 0.4) is 0 Å². The Kier molecular flexibility index (Phi) is 6.53. The first-order chi connectivity index (χ1) is 9.02. The molecule has 0 spiro atoms. The highest BCUT2D eigenvalue weighted by Gasteiger charge is 2.43. The predicted octanol–water partition coefficient (Wildman–Crippen LogP) is -0.417. The molecule has 6 N–H and O–H groups in total. The van der Waals surface area contributed by atoms with E-state index in [4.69, 9.17) is 15.6 Å². The number of halogens is 1. The standard InChI is InChI=1S/C12H17NO5S.ClH/c13-6-1-3-7(4-2-6)19-12-11(17)10(16)9(15)8(5-14)18-12;/h1-4,8-12,14-17H,5,13H2;1H/t8-,9-,10+,11+,12+;/m1./s1. The zero-order valence-electron chi connectivity index (χ0n) is 10.5. The fourth-order valence-electron chi connectivity index (χ4n) is 1.85. The molecular formula is C12H18ClNO5S. The van der Waals surface area contributed by atoms with Crippen LogP contribution in [0.25, 0.3) is 0 Å². The Hall–Kier alpha value is -0.540. The summed E-state index contributed by atoms with van der Waals surface area (Å²) in [6, 6.07) is 6.96. The van der Waals surface area contributed by atoms with Gasteiger partial charge in [-0.15, -0.1) is 12.4 Å². The number of aliphatic hydroxyl groups is 4. The Balaban J connectivity index is 0.00000200. The fraction of sp³-hybridized carbons (Fsp3) is 0.500. The van der Waals surface area contributed by atoms with Crippen LogP contribution in [-0.4, -0.2) is 56.9 Å². The van der Waals surface area contributed by atoms with Gasteiger partial charge in [0.15, 0.2) is 0 Å². The molecule has 0 saturated carbocycles. The maximum absolute atomic E-state index is 9.87. The summed E-state index contributed by atoms with van der Waals surface area (Å²) in [6.45, 7) is -0.427. The van der Waals surface area contributed by atoms with Crippen LogP contribution in [0.5, 0.6) is 0 Å². The molecule has 0 amide bonds. The van der Waals surface area contributed by atoms with Gasteiger partial charge in [-0.2, -0.15) is 0 Å². The summed E-state index contributed by atoms with van der Waals surface area (Å²) in [6.07, 6.45) is -4.80. The number of benzene rings is 1. The Morgan fingerprint density at radius 3 is 2.20 bits per heavy atom. The summed E-state index contributed by atoms with van der Waals surface area (Å²) in [7, 11) is 0. The van der Waals surface area contributed by atoms with Gasteiger partial charge in [-0.1, -0.05) is 11.8 Å². The second-order valence-corrected chi connectivity index (χ2v) is 5.56. The molecular weight excluding hydrogens is 306 g/mol. The number of nitrogen functional groups attached to an aromatic ring is 1. The fourth-order valence-corrected chi connectivity index (χ4v) is 2.91. The van der Waals surface area contributed by atoms with Gasteiger partial charge in [0.1, 0.15) is 29.9 Å². The summed E-state index contributed by atoms with van der Waals surface area (Å²) in [5.41, 5.74) is 5.43. The van der Waals surface area contributed by atoms with Crippen LogP contribution >= 0.6 is 24.2 Å². The van der Waals surface area contributed by atoms with E-state index in [2.05, 4.69) is 0 Å². The molecule has 8 heteroatoms. The molecule has 20 heavy (non-hydrogen) atoms. The van der Waals surface area contributed by atoms with Crippen LogP contribution in [0.1, 0.15) is 0 Å². The van der Waals surface area contributed by atoms with Crippen LogP contribution < -0.4 is 5.73 Å². The smallest absolute Gasteiger partial charge is 0.136 e. The minimum atomic E-state index is -1.35. The third kappa shape index (κ3) is 3.76. The van der Waals surface area contributed by atoms with Gasteiger partial charge in [-0.3, -0.25) is 0 Å². The highest BCUT2D eigenvalue weighted by atomic mass is 35.5. The van der Waals surface area contributed by atoms with Gasteiger partial charge < -0.3 is 30.9 Å². The zero-order chi connectivity index (χ0) is 14.0. The molecule has 114 valence electrons. The van der Waals surface area contributed by atoms with E-state index < -0.39 is 36.5 Å². The van der Waals surface area contributed by atoms with Gasteiger partial charge in [0.2, 0.25) is 0 Å². The molecule has 1 aliphatic rings. The molecule has 1 aromatic carbocycles. The van der Waals surface area contributed by atoms with Crippen LogP contribution in [0, 0.1) is 0 Å². The second kappa shape index (κ2) is 7.46. The summed E-state index contributed by atoms with van der Waals surface area (Å²) in [4.78, 5) is 0.804. The molecule has 6 nitrogen and oxygen atoms in total. The molecule has 1 heterocycles. The maximum atomic E-state index is 9.87. The van der Waals surface area contributed by atoms with Crippen LogP contribution in [-0.2, 0) is 4.74 Å². The lowest BCUT2D eigenvalue weighted by atomic mass is 10.0. The van der Waals surface area contributed by atoms with Gasteiger partial charge in [-0.05, 0) is 24.3 Å². The van der Waals surface area contributed by atoms with Crippen molar-refractivity contribution in [3.05, 3.63) is 24.3 Å². The molecule has 0 aromatic heterocycles. The van der Waals surface area contributed by atoms with Crippen molar-refractivity contribution in [1.29, 1.82) is 0 Å². The quantitative estimate of drug-likeness (QED) is 0.480. The molecule has 5 atom stereocenters. The van der Waals surface area contributed by atoms with Gasteiger partial charge in [0, 0.05) is 10.6 Å². The average Bonchev–Trinajstić information content (AvgIpc) is 2.42. The number of nitrogens with two attached hydrogens (primary N) is 1. The number of rotatable bonds is 3. The Labute approximate surface area is 127 Å².